The van der Waals surface area contributed by atoms with Crippen LogP contribution in [0.5, 0.6) is 0 Å². The van der Waals surface area contributed by atoms with Crippen LogP contribution in [-0.4, -0.2) is 36.0 Å². The quantitative estimate of drug-likeness (QED) is 0.873. The minimum atomic E-state index is -0.0962. The van der Waals surface area contributed by atoms with Gasteiger partial charge in [0.2, 0.25) is 5.91 Å². The van der Waals surface area contributed by atoms with Crippen molar-refractivity contribution in [1.29, 1.82) is 0 Å². The average molecular weight is 309 g/mol. The van der Waals surface area contributed by atoms with Gasteiger partial charge in [0.05, 0.1) is 6.04 Å². The molecule has 4 heteroatoms. The SMILES string of the molecule is CCN(CC)C(=O)C(C)NC1CC(c2ccc(Cl)cc2)C1. The van der Waals surface area contributed by atoms with Gasteiger partial charge in [0, 0.05) is 24.2 Å². The smallest absolute Gasteiger partial charge is 0.239 e. The lowest BCUT2D eigenvalue weighted by Crippen LogP contribution is -2.51. The van der Waals surface area contributed by atoms with Crippen LogP contribution in [0.4, 0.5) is 0 Å². The van der Waals surface area contributed by atoms with E-state index < -0.39 is 0 Å². The molecule has 1 N–H and O–H groups in total. The Bertz CT molecular complexity index is 464. The van der Waals surface area contributed by atoms with Crippen molar-refractivity contribution >= 4 is 17.5 Å². The first-order valence-electron chi connectivity index (χ1n) is 7.85. The number of nitrogens with zero attached hydrogens (tertiary/aromatic N) is 1. The van der Waals surface area contributed by atoms with Crippen LogP contribution in [0.25, 0.3) is 0 Å². The number of likely N-dealkylation sites (N-methyl/N-ethyl adjacent to an activating group) is 1. The van der Waals surface area contributed by atoms with Crippen LogP contribution in [0.1, 0.15) is 45.1 Å². The number of hydrogen-bond donors (Lipinski definition) is 1. The Hall–Kier alpha value is -1.06. The summed E-state index contributed by atoms with van der Waals surface area (Å²) < 4.78 is 0. The predicted molar refractivity (Wildman–Crippen MR) is 87.7 cm³/mol. The number of rotatable bonds is 6. The van der Waals surface area contributed by atoms with Gasteiger partial charge < -0.3 is 10.2 Å². The summed E-state index contributed by atoms with van der Waals surface area (Å²) in [5.74, 6) is 0.797. The molecule has 0 heterocycles. The summed E-state index contributed by atoms with van der Waals surface area (Å²) in [4.78, 5) is 14.1. The molecule has 1 fully saturated rings. The molecule has 1 unspecified atom stereocenters. The maximum Gasteiger partial charge on any atom is 0.239 e. The molecule has 1 aromatic rings. The zero-order chi connectivity index (χ0) is 15.4. The van der Waals surface area contributed by atoms with Crippen molar-refractivity contribution in [3.05, 3.63) is 34.9 Å². The van der Waals surface area contributed by atoms with Gasteiger partial charge in [0.15, 0.2) is 0 Å². The van der Waals surface area contributed by atoms with E-state index in [4.69, 9.17) is 11.6 Å². The Kier molecular flexibility index (Phi) is 5.65. The third-order valence-corrected chi connectivity index (χ3v) is 4.66. The highest BCUT2D eigenvalue weighted by atomic mass is 35.5. The lowest BCUT2D eigenvalue weighted by Gasteiger charge is -2.38. The first-order valence-corrected chi connectivity index (χ1v) is 8.23. The molecule has 21 heavy (non-hydrogen) atoms. The predicted octanol–water partition coefficient (Wildman–Crippen LogP) is 3.43. The molecule has 1 aromatic carbocycles. The summed E-state index contributed by atoms with van der Waals surface area (Å²) in [7, 11) is 0. The van der Waals surface area contributed by atoms with Crippen molar-refractivity contribution in [1.82, 2.24) is 10.2 Å². The standard InChI is InChI=1S/C17H25ClN2O/c1-4-20(5-2)17(21)12(3)19-16-10-14(11-16)13-6-8-15(18)9-7-13/h6-9,12,14,16,19H,4-5,10-11H2,1-3H3. The van der Waals surface area contributed by atoms with Crippen molar-refractivity contribution in [2.75, 3.05) is 13.1 Å². The minimum Gasteiger partial charge on any atom is -0.342 e. The average Bonchev–Trinajstić information content (AvgIpc) is 2.44. The van der Waals surface area contributed by atoms with Gasteiger partial charge in [0.1, 0.15) is 0 Å². The second-order valence-corrected chi connectivity index (χ2v) is 6.25. The van der Waals surface area contributed by atoms with Crippen molar-refractivity contribution in [3.63, 3.8) is 0 Å². The van der Waals surface area contributed by atoms with E-state index in [1.807, 2.05) is 37.8 Å². The van der Waals surface area contributed by atoms with Gasteiger partial charge in [-0.15, -0.1) is 0 Å². The van der Waals surface area contributed by atoms with Crippen LogP contribution in [-0.2, 0) is 4.79 Å². The third-order valence-electron chi connectivity index (χ3n) is 4.41. The lowest BCUT2D eigenvalue weighted by molar-refractivity contribution is -0.133. The van der Waals surface area contributed by atoms with E-state index in [0.717, 1.165) is 31.0 Å². The molecule has 0 bridgehead atoms. The molecular formula is C17H25ClN2O. The molecule has 0 radical (unpaired) electrons. The number of hydrogen-bond acceptors (Lipinski definition) is 2. The van der Waals surface area contributed by atoms with Crippen molar-refractivity contribution in [2.24, 2.45) is 0 Å². The monoisotopic (exact) mass is 308 g/mol. The molecule has 1 aliphatic carbocycles. The minimum absolute atomic E-state index is 0.0962. The van der Waals surface area contributed by atoms with Crippen LogP contribution >= 0.6 is 11.6 Å². The van der Waals surface area contributed by atoms with Gasteiger partial charge in [-0.05, 0) is 57.2 Å². The first-order chi connectivity index (χ1) is 10.0. The van der Waals surface area contributed by atoms with Crippen molar-refractivity contribution in [2.45, 2.75) is 51.6 Å². The molecule has 1 atom stereocenters. The van der Waals surface area contributed by atoms with Gasteiger partial charge in [-0.3, -0.25) is 4.79 Å². The Balaban J connectivity index is 1.79. The zero-order valence-electron chi connectivity index (χ0n) is 13.1. The number of carbonyl (C=O) groups is 1. The number of carbonyl (C=O) groups excluding carboxylic acids is 1. The molecule has 116 valence electrons. The van der Waals surface area contributed by atoms with Gasteiger partial charge >= 0.3 is 0 Å². The molecule has 1 amide bonds. The normalized spacial score (nSPS) is 22.5. The molecule has 2 rings (SSSR count). The zero-order valence-corrected chi connectivity index (χ0v) is 13.9. The van der Waals surface area contributed by atoms with Gasteiger partial charge in [-0.2, -0.15) is 0 Å². The molecule has 0 aromatic heterocycles. The summed E-state index contributed by atoms with van der Waals surface area (Å²) in [5.41, 5.74) is 1.35. The van der Waals surface area contributed by atoms with Crippen LogP contribution in [0.3, 0.4) is 0 Å². The summed E-state index contributed by atoms with van der Waals surface area (Å²) in [5, 5.41) is 4.24. The molecule has 0 saturated heterocycles. The summed E-state index contributed by atoms with van der Waals surface area (Å²) in [6, 6.07) is 8.46. The maximum absolute atomic E-state index is 12.2. The number of benzene rings is 1. The highest BCUT2D eigenvalue weighted by Crippen LogP contribution is 2.37. The largest absolute Gasteiger partial charge is 0.342 e. The molecule has 1 saturated carbocycles. The van der Waals surface area contributed by atoms with Crippen LogP contribution in [0, 0.1) is 0 Å². The van der Waals surface area contributed by atoms with Gasteiger partial charge in [-0.25, -0.2) is 0 Å². The van der Waals surface area contributed by atoms with E-state index in [9.17, 15) is 4.79 Å². The van der Waals surface area contributed by atoms with E-state index in [2.05, 4.69) is 17.4 Å². The van der Waals surface area contributed by atoms with Crippen molar-refractivity contribution in [3.8, 4) is 0 Å². The van der Waals surface area contributed by atoms with Crippen LogP contribution in [0.15, 0.2) is 24.3 Å². The van der Waals surface area contributed by atoms with E-state index >= 15 is 0 Å². The Morgan fingerprint density at radius 3 is 2.38 bits per heavy atom. The molecule has 3 nitrogen and oxygen atoms in total. The third kappa shape index (κ3) is 3.98. The second kappa shape index (κ2) is 7.28. The molecule has 0 aliphatic heterocycles. The Labute approximate surface area is 132 Å². The van der Waals surface area contributed by atoms with Crippen LogP contribution < -0.4 is 5.32 Å². The van der Waals surface area contributed by atoms with Crippen molar-refractivity contribution < 1.29 is 4.79 Å². The molecule has 0 spiro atoms. The van der Waals surface area contributed by atoms with Crippen LogP contribution in [0.2, 0.25) is 5.02 Å². The maximum atomic E-state index is 12.2. The molecule has 1 aliphatic rings. The van der Waals surface area contributed by atoms with E-state index in [-0.39, 0.29) is 11.9 Å². The molecular weight excluding hydrogens is 284 g/mol. The first kappa shape index (κ1) is 16.3. The van der Waals surface area contributed by atoms with Gasteiger partial charge in [-0.1, -0.05) is 23.7 Å². The topological polar surface area (TPSA) is 32.3 Å². The fourth-order valence-electron chi connectivity index (χ4n) is 3.00. The highest BCUT2D eigenvalue weighted by Gasteiger charge is 2.32. The Morgan fingerprint density at radius 1 is 1.29 bits per heavy atom. The van der Waals surface area contributed by atoms with E-state index in [0.29, 0.717) is 12.0 Å². The second-order valence-electron chi connectivity index (χ2n) is 5.82. The summed E-state index contributed by atoms with van der Waals surface area (Å²) >= 11 is 5.91. The van der Waals surface area contributed by atoms with E-state index in [1.54, 1.807) is 0 Å². The summed E-state index contributed by atoms with van der Waals surface area (Å²) in [6.45, 7) is 7.57. The summed E-state index contributed by atoms with van der Waals surface area (Å²) in [6.07, 6.45) is 2.19. The fourth-order valence-corrected chi connectivity index (χ4v) is 3.12. The fraction of sp³-hybridized carbons (Fsp3) is 0.588. The highest BCUT2D eigenvalue weighted by molar-refractivity contribution is 6.30. The number of nitrogens with one attached hydrogen (secondary N) is 1. The number of halogens is 1. The Morgan fingerprint density at radius 2 is 1.86 bits per heavy atom. The van der Waals surface area contributed by atoms with Gasteiger partial charge in [0.25, 0.3) is 0 Å². The van der Waals surface area contributed by atoms with E-state index in [1.165, 1.54) is 5.56 Å². The number of amides is 1. The lowest BCUT2D eigenvalue weighted by atomic mass is 9.75.